The molecule has 4 nitrogen and oxygen atoms in total. The number of carbonyl (C=O) groups is 2. The summed E-state index contributed by atoms with van der Waals surface area (Å²) in [6.45, 7) is 3.16. The van der Waals surface area contributed by atoms with E-state index in [4.69, 9.17) is 0 Å². The zero-order valence-corrected chi connectivity index (χ0v) is 13.9. The minimum atomic E-state index is 0.0233. The maximum Gasteiger partial charge on any atom is 0.225 e. The molecule has 1 N–H and O–H groups in total. The fourth-order valence-corrected chi connectivity index (χ4v) is 4.52. The molecule has 3 rings (SSSR count). The third-order valence-electron chi connectivity index (χ3n) is 5.94. The minimum absolute atomic E-state index is 0.0233. The van der Waals surface area contributed by atoms with Gasteiger partial charge in [-0.1, -0.05) is 19.8 Å². The molecule has 22 heavy (non-hydrogen) atoms. The fraction of sp³-hybridized carbons (Fsp3) is 0.889. The van der Waals surface area contributed by atoms with E-state index >= 15 is 0 Å². The number of amides is 2. The highest BCUT2D eigenvalue weighted by Gasteiger charge is 2.39. The Morgan fingerprint density at radius 1 is 1.05 bits per heavy atom. The Labute approximate surface area is 134 Å². The summed E-state index contributed by atoms with van der Waals surface area (Å²) in [6, 6.07) is 0.520. The molecule has 2 atom stereocenters. The molecular weight excluding hydrogens is 276 g/mol. The van der Waals surface area contributed by atoms with E-state index in [1.807, 2.05) is 4.90 Å². The van der Waals surface area contributed by atoms with Gasteiger partial charge in [-0.2, -0.15) is 0 Å². The predicted octanol–water partition coefficient (Wildman–Crippen LogP) is 2.86. The lowest BCUT2D eigenvalue weighted by molar-refractivity contribution is -0.136. The quantitative estimate of drug-likeness (QED) is 0.871. The van der Waals surface area contributed by atoms with Gasteiger partial charge in [-0.05, 0) is 50.9 Å². The van der Waals surface area contributed by atoms with E-state index < -0.39 is 0 Å². The maximum absolute atomic E-state index is 12.8. The molecule has 3 aliphatic rings. The van der Waals surface area contributed by atoms with Gasteiger partial charge in [0.1, 0.15) is 0 Å². The van der Waals surface area contributed by atoms with Gasteiger partial charge in [0.2, 0.25) is 11.8 Å². The number of nitrogens with zero attached hydrogens (tertiary/aromatic N) is 1. The first-order valence-corrected chi connectivity index (χ1v) is 9.25. The first kappa shape index (κ1) is 15.8. The molecular formula is C18H30N2O2. The van der Waals surface area contributed by atoms with E-state index in [-0.39, 0.29) is 23.8 Å². The molecule has 1 saturated heterocycles. The second-order valence-electron chi connectivity index (χ2n) is 7.61. The second-order valence-corrected chi connectivity index (χ2v) is 7.61. The van der Waals surface area contributed by atoms with Crippen LogP contribution in [-0.4, -0.2) is 35.3 Å². The second kappa shape index (κ2) is 7.01. The summed E-state index contributed by atoms with van der Waals surface area (Å²) in [6.07, 6.45) is 10.6. The number of hydrogen-bond donors (Lipinski definition) is 1. The van der Waals surface area contributed by atoms with Crippen LogP contribution in [0.2, 0.25) is 0 Å². The maximum atomic E-state index is 12.8. The standard InChI is InChI=1S/C18H30N2O2/c1-13-8-10-14(11-9-13)19-18(22)15-5-2-3-6-16(15)20-12-4-7-17(20)21/h13-16H,2-12H2,1H3,(H,19,22). The van der Waals surface area contributed by atoms with Crippen molar-refractivity contribution in [3.8, 4) is 0 Å². The highest BCUT2D eigenvalue weighted by atomic mass is 16.2. The average Bonchev–Trinajstić information content (AvgIpc) is 2.95. The van der Waals surface area contributed by atoms with Gasteiger partial charge in [-0.25, -0.2) is 0 Å². The van der Waals surface area contributed by atoms with Gasteiger partial charge in [0.15, 0.2) is 0 Å². The predicted molar refractivity (Wildman–Crippen MR) is 86.3 cm³/mol. The number of rotatable bonds is 3. The van der Waals surface area contributed by atoms with Crippen LogP contribution >= 0.6 is 0 Å². The Morgan fingerprint density at radius 3 is 2.45 bits per heavy atom. The summed E-state index contributed by atoms with van der Waals surface area (Å²) in [5.74, 6) is 1.30. The van der Waals surface area contributed by atoms with E-state index in [1.54, 1.807) is 0 Å². The smallest absolute Gasteiger partial charge is 0.225 e. The largest absolute Gasteiger partial charge is 0.353 e. The summed E-state index contributed by atoms with van der Waals surface area (Å²) in [4.78, 5) is 26.8. The van der Waals surface area contributed by atoms with Gasteiger partial charge in [0, 0.05) is 25.0 Å². The molecule has 2 amide bonds. The average molecular weight is 306 g/mol. The zero-order chi connectivity index (χ0) is 15.5. The van der Waals surface area contributed by atoms with Crippen LogP contribution in [0.15, 0.2) is 0 Å². The highest BCUT2D eigenvalue weighted by Crippen LogP contribution is 2.32. The van der Waals surface area contributed by atoms with E-state index in [1.165, 1.54) is 12.8 Å². The fourth-order valence-electron chi connectivity index (χ4n) is 4.52. The molecule has 0 spiro atoms. The molecule has 124 valence electrons. The Bertz CT molecular complexity index is 415. The summed E-state index contributed by atoms with van der Waals surface area (Å²) in [7, 11) is 0. The molecule has 0 aromatic heterocycles. The monoisotopic (exact) mass is 306 g/mol. The van der Waals surface area contributed by atoms with Crippen LogP contribution in [0.4, 0.5) is 0 Å². The summed E-state index contributed by atoms with van der Waals surface area (Å²) in [5, 5.41) is 3.30. The Kier molecular flexibility index (Phi) is 5.04. The van der Waals surface area contributed by atoms with Crippen molar-refractivity contribution in [1.29, 1.82) is 0 Å². The number of likely N-dealkylation sites (tertiary alicyclic amines) is 1. The van der Waals surface area contributed by atoms with Crippen molar-refractivity contribution in [3.05, 3.63) is 0 Å². The van der Waals surface area contributed by atoms with Gasteiger partial charge in [-0.15, -0.1) is 0 Å². The van der Waals surface area contributed by atoms with Gasteiger partial charge >= 0.3 is 0 Å². The van der Waals surface area contributed by atoms with Crippen LogP contribution < -0.4 is 5.32 Å². The molecule has 0 aromatic rings. The molecule has 1 aliphatic heterocycles. The Morgan fingerprint density at radius 2 is 1.77 bits per heavy atom. The van der Waals surface area contributed by atoms with Crippen LogP contribution in [0.25, 0.3) is 0 Å². The number of carbonyl (C=O) groups excluding carboxylic acids is 2. The lowest BCUT2D eigenvalue weighted by atomic mass is 9.82. The van der Waals surface area contributed by atoms with Crippen molar-refractivity contribution in [2.45, 2.75) is 83.2 Å². The molecule has 0 bridgehead atoms. The lowest BCUT2D eigenvalue weighted by Gasteiger charge is -2.38. The van der Waals surface area contributed by atoms with E-state index in [9.17, 15) is 9.59 Å². The van der Waals surface area contributed by atoms with Gasteiger partial charge in [-0.3, -0.25) is 9.59 Å². The Hall–Kier alpha value is -1.06. The zero-order valence-electron chi connectivity index (χ0n) is 13.9. The summed E-state index contributed by atoms with van der Waals surface area (Å²) in [5.41, 5.74) is 0. The number of hydrogen-bond acceptors (Lipinski definition) is 2. The van der Waals surface area contributed by atoms with Gasteiger partial charge in [0.25, 0.3) is 0 Å². The van der Waals surface area contributed by atoms with E-state index in [0.717, 1.165) is 57.4 Å². The molecule has 4 heteroatoms. The lowest BCUT2D eigenvalue weighted by Crippen LogP contribution is -2.51. The normalized spacial score (nSPS) is 36.4. The van der Waals surface area contributed by atoms with Crippen LogP contribution in [-0.2, 0) is 9.59 Å². The van der Waals surface area contributed by atoms with Crippen molar-refractivity contribution < 1.29 is 9.59 Å². The minimum Gasteiger partial charge on any atom is -0.353 e. The molecule has 1 heterocycles. The third kappa shape index (κ3) is 3.47. The van der Waals surface area contributed by atoms with Crippen molar-refractivity contribution in [2.75, 3.05) is 6.54 Å². The summed E-state index contributed by atoms with van der Waals surface area (Å²) < 4.78 is 0. The highest BCUT2D eigenvalue weighted by molar-refractivity contribution is 5.82. The molecule has 3 fully saturated rings. The van der Waals surface area contributed by atoms with E-state index in [0.29, 0.717) is 12.5 Å². The van der Waals surface area contributed by atoms with Crippen LogP contribution in [0.3, 0.4) is 0 Å². The molecule has 0 aromatic carbocycles. The number of nitrogens with one attached hydrogen (secondary N) is 1. The SMILES string of the molecule is CC1CCC(NC(=O)C2CCCCC2N2CCCC2=O)CC1. The molecule has 2 saturated carbocycles. The summed E-state index contributed by atoms with van der Waals surface area (Å²) >= 11 is 0. The van der Waals surface area contributed by atoms with Crippen LogP contribution in [0.1, 0.15) is 71.1 Å². The molecule has 2 aliphatic carbocycles. The van der Waals surface area contributed by atoms with Crippen LogP contribution in [0, 0.1) is 11.8 Å². The molecule has 0 radical (unpaired) electrons. The van der Waals surface area contributed by atoms with Crippen LogP contribution in [0.5, 0.6) is 0 Å². The topological polar surface area (TPSA) is 49.4 Å². The van der Waals surface area contributed by atoms with Crippen molar-refractivity contribution in [2.24, 2.45) is 11.8 Å². The van der Waals surface area contributed by atoms with Gasteiger partial charge < -0.3 is 10.2 Å². The van der Waals surface area contributed by atoms with Gasteiger partial charge in [0.05, 0.1) is 5.92 Å². The Balaban J connectivity index is 1.60. The van der Waals surface area contributed by atoms with Crippen molar-refractivity contribution in [3.63, 3.8) is 0 Å². The third-order valence-corrected chi connectivity index (χ3v) is 5.94. The van der Waals surface area contributed by atoms with E-state index in [2.05, 4.69) is 12.2 Å². The van der Waals surface area contributed by atoms with Crippen molar-refractivity contribution >= 4 is 11.8 Å². The first-order valence-electron chi connectivity index (χ1n) is 9.25. The molecule has 2 unspecified atom stereocenters. The first-order chi connectivity index (χ1) is 10.6. The van der Waals surface area contributed by atoms with Crippen molar-refractivity contribution in [1.82, 2.24) is 10.2 Å².